The molecule has 6 heteroatoms. The maximum Gasteiger partial charge on any atom is 0.392 e. The predicted octanol–water partition coefficient (Wildman–Crippen LogP) is 3.94. The molecule has 0 amide bonds. The number of rotatable bonds is 2. The minimum absolute atomic E-state index is 0.113. The Labute approximate surface area is 144 Å². The van der Waals surface area contributed by atoms with Gasteiger partial charge in [0.15, 0.2) is 0 Å². The molecule has 3 saturated carbocycles. The van der Waals surface area contributed by atoms with Crippen molar-refractivity contribution in [2.24, 2.45) is 47.3 Å². The Balaban J connectivity index is 1.41. The summed E-state index contributed by atoms with van der Waals surface area (Å²) in [7, 11) is 0. The van der Waals surface area contributed by atoms with Crippen molar-refractivity contribution in [3.63, 3.8) is 0 Å². The van der Waals surface area contributed by atoms with Gasteiger partial charge in [-0.15, -0.1) is 0 Å². The fourth-order valence-electron chi connectivity index (χ4n) is 6.82. The Bertz CT molecular complexity index is 595. The predicted molar refractivity (Wildman–Crippen MR) is 82.0 cm³/mol. The summed E-state index contributed by atoms with van der Waals surface area (Å²) in [5.41, 5.74) is 0. The van der Waals surface area contributed by atoms with E-state index in [0.717, 1.165) is 19.3 Å². The fourth-order valence-corrected chi connectivity index (χ4v) is 6.82. The quantitative estimate of drug-likeness (QED) is 0.427. The second kappa shape index (κ2) is 5.48. The summed E-state index contributed by atoms with van der Waals surface area (Å²) in [5.74, 6) is -2.85. The van der Waals surface area contributed by atoms with Crippen molar-refractivity contribution in [1.29, 1.82) is 0 Å². The Kier molecular flexibility index (Phi) is 3.54. The highest BCUT2D eigenvalue weighted by atomic mass is 19.4. The summed E-state index contributed by atoms with van der Waals surface area (Å²) in [6, 6.07) is 0. The lowest BCUT2D eigenvalue weighted by molar-refractivity contribution is -0.228. The van der Waals surface area contributed by atoms with Crippen LogP contribution in [0.2, 0.25) is 0 Å². The number of halogens is 3. The summed E-state index contributed by atoms with van der Waals surface area (Å²) in [4.78, 5) is 12.7. The van der Waals surface area contributed by atoms with Crippen LogP contribution in [0.1, 0.15) is 32.1 Å². The van der Waals surface area contributed by atoms with E-state index in [2.05, 4.69) is 12.2 Å². The third-order valence-corrected chi connectivity index (χ3v) is 7.46. The zero-order chi connectivity index (χ0) is 17.3. The van der Waals surface area contributed by atoms with Crippen LogP contribution in [0.3, 0.4) is 0 Å². The number of ether oxygens (including phenoxy) is 2. The first-order valence-electron chi connectivity index (χ1n) is 9.52. The van der Waals surface area contributed by atoms with E-state index in [1.54, 1.807) is 0 Å². The maximum absolute atomic E-state index is 13.8. The highest BCUT2D eigenvalue weighted by molar-refractivity contribution is 5.74. The van der Waals surface area contributed by atoms with Gasteiger partial charge in [-0.3, -0.25) is 4.79 Å². The topological polar surface area (TPSA) is 35.5 Å². The maximum atomic E-state index is 13.8. The van der Waals surface area contributed by atoms with Gasteiger partial charge in [-0.2, -0.15) is 13.2 Å². The van der Waals surface area contributed by atoms with Crippen molar-refractivity contribution >= 4 is 5.97 Å². The van der Waals surface area contributed by atoms with Crippen molar-refractivity contribution in [2.45, 2.75) is 44.6 Å². The van der Waals surface area contributed by atoms with Gasteiger partial charge < -0.3 is 9.47 Å². The van der Waals surface area contributed by atoms with Gasteiger partial charge in [-0.25, -0.2) is 0 Å². The van der Waals surface area contributed by atoms with E-state index in [0.29, 0.717) is 25.4 Å². The summed E-state index contributed by atoms with van der Waals surface area (Å²) in [6.45, 7) is 0.511. The van der Waals surface area contributed by atoms with Crippen LogP contribution in [-0.2, 0) is 14.3 Å². The summed E-state index contributed by atoms with van der Waals surface area (Å²) in [5, 5.41) is 0. The van der Waals surface area contributed by atoms with E-state index in [-0.39, 0.29) is 23.7 Å². The number of allylic oxidation sites excluding steroid dienone is 2. The minimum Gasteiger partial charge on any atom is -0.436 e. The SMILES string of the molecule is O=C(OC1CCCCO1)C1C2CC(C3C4C=CC(C4)C23)C1C(F)(F)F. The van der Waals surface area contributed by atoms with Crippen LogP contribution in [0.4, 0.5) is 13.2 Å². The Morgan fingerprint density at radius 1 is 1.04 bits per heavy atom. The lowest BCUT2D eigenvalue weighted by atomic mass is 9.64. The van der Waals surface area contributed by atoms with Crippen LogP contribution in [0.25, 0.3) is 0 Å². The van der Waals surface area contributed by atoms with Gasteiger partial charge in [0.05, 0.1) is 18.4 Å². The van der Waals surface area contributed by atoms with Crippen LogP contribution in [0.5, 0.6) is 0 Å². The molecule has 1 saturated heterocycles. The summed E-state index contributed by atoms with van der Waals surface area (Å²) in [6.07, 6.45) is 3.16. The number of carbonyl (C=O) groups excluding carboxylic acids is 1. The molecule has 25 heavy (non-hydrogen) atoms. The zero-order valence-corrected chi connectivity index (χ0v) is 14.0. The van der Waals surface area contributed by atoms with Crippen LogP contribution in [0.15, 0.2) is 12.2 Å². The monoisotopic (exact) mass is 356 g/mol. The van der Waals surface area contributed by atoms with E-state index in [4.69, 9.17) is 9.47 Å². The highest BCUT2D eigenvalue weighted by Crippen LogP contribution is 2.70. The van der Waals surface area contributed by atoms with Gasteiger partial charge in [0.1, 0.15) is 0 Å². The molecule has 9 atom stereocenters. The van der Waals surface area contributed by atoms with E-state index in [1.165, 1.54) is 0 Å². The van der Waals surface area contributed by atoms with Gasteiger partial charge in [-0.05, 0) is 61.2 Å². The van der Waals surface area contributed by atoms with Crippen LogP contribution >= 0.6 is 0 Å². The molecular formula is C19H23F3O3. The van der Waals surface area contributed by atoms with Gasteiger partial charge >= 0.3 is 12.1 Å². The van der Waals surface area contributed by atoms with Crippen LogP contribution in [-0.4, -0.2) is 25.0 Å². The molecule has 0 aromatic carbocycles. The summed E-state index contributed by atoms with van der Waals surface area (Å²) >= 11 is 0. The Morgan fingerprint density at radius 2 is 1.76 bits per heavy atom. The molecule has 4 bridgehead atoms. The number of hydrogen-bond acceptors (Lipinski definition) is 3. The van der Waals surface area contributed by atoms with Crippen LogP contribution < -0.4 is 0 Å². The van der Waals surface area contributed by atoms with E-state index >= 15 is 0 Å². The first-order chi connectivity index (χ1) is 11.9. The molecule has 5 rings (SSSR count). The average molecular weight is 356 g/mol. The summed E-state index contributed by atoms with van der Waals surface area (Å²) < 4.78 is 52.4. The van der Waals surface area contributed by atoms with Gasteiger partial charge in [0, 0.05) is 6.42 Å². The van der Waals surface area contributed by atoms with Crippen molar-refractivity contribution in [1.82, 2.24) is 0 Å². The Morgan fingerprint density at radius 3 is 2.40 bits per heavy atom. The molecule has 5 aliphatic rings. The molecule has 4 aliphatic carbocycles. The number of fused-ring (bicyclic) bond motifs is 9. The largest absolute Gasteiger partial charge is 0.436 e. The lowest BCUT2D eigenvalue weighted by Crippen LogP contribution is -2.47. The molecule has 0 radical (unpaired) electrons. The van der Waals surface area contributed by atoms with E-state index in [1.807, 2.05) is 0 Å². The molecule has 0 aromatic heterocycles. The van der Waals surface area contributed by atoms with E-state index in [9.17, 15) is 18.0 Å². The minimum atomic E-state index is -4.34. The number of carbonyl (C=O) groups is 1. The molecule has 1 heterocycles. The second-order valence-electron chi connectivity index (χ2n) is 8.49. The molecule has 4 fully saturated rings. The zero-order valence-electron chi connectivity index (χ0n) is 14.0. The first kappa shape index (κ1) is 16.2. The second-order valence-corrected chi connectivity index (χ2v) is 8.49. The third-order valence-electron chi connectivity index (χ3n) is 7.46. The van der Waals surface area contributed by atoms with Crippen molar-refractivity contribution in [2.75, 3.05) is 6.61 Å². The molecule has 0 N–H and O–H groups in total. The van der Waals surface area contributed by atoms with E-state index < -0.39 is 36.2 Å². The normalized spacial score (nSPS) is 50.3. The van der Waals surface area contributed by atoms with Gasteiger partial charge in [0.2, 0.25) is 6.29 Å². The molecule has 3 nitrogen and oxygen atoms in total. The highest BCUT2D eigenvalue weighted by Gasteiger charge is 2.71. The molecule has 0 aromatic rings. The van der Waals surface area contributed by atoms with Crippen molar-refractivity contribution < 1.29 is 27.4 Å². The average Bonchev–Trinajstić information content (AvgIpc) is 3.32. The fraction of sp³-hybridized carbons (Fsp3) is 0.842. The number of alkyl halides is 3. The van der Waals surface area contributed by atoms with Gasteiger partial charge in [-0.1, -0.05) is 12.2 Å². The number of esters is 1. The molecule has 9 unspecified atom stereocenters. The standard InChI is InChI=1S/C19H23F3O3/c20-19(21,22)17-12-8-11(14-9-4-5-10(7-9)15(12)14)16(17)18(23)25-13-3-1-2-6-24-13/h4-5,9-17H,1-3,6-8H2. The molecular weight excluding hydrogens is 333 g/mol. The molecule has 138 valence electrons. The lowest BCUT2D eigenvalue weighted by Gasteiger charge is -2.41. The molecule has 0 spiro atoms. The van der Waals surface area contributed by atoms with Crippen LogP contribution in [0, 0.1) is 47.3 Å². The number of hydrogen-bond donors (Lipinski definition) is 0. The Hall–Kier alpha value is -1.04. The smallest absolute Gasteiger partial charge is 0.392 e. The first-order valence-corrected chi connectivity index (χ1v) is 9.52. The van der Waals surface area contributed by atoms with Gasteiger partial charge in [0.25, 0.3) is 0 Å². The third kappa shape index (κ3) is 2.32. The molecule has 1 aliphatic heterocycles. The van der Waals surface area contributed by atoms with Crippen molar-refractivity contribution in [3.05, 3.63) is 12.2 Å². The van der Waals surface area contributed by atoms with Crippen molar-refractivity contribution in [3.8, 4) is 0 Å².